The van der Waals surface area contributed by atoms with Crippen molar-refractivity contribution in [3.05, 3.63) is 59.7 Å². The number of benzene rings is 2. The Hall–Kier alpha value is -2.91. The van der Waals surface area contributed by atoms with Crippen LogP contribution in [-0.2, 0) is 21.2 Å². The van der Waals surface area contributed by atoms with Gasteiger partial charge in [0.05, 0.1) is 4.90 Å². The summed E-state index contributed by atoms with van der Waals surface area (Å²) in [6, 6.07) is 12.9. The summed E-state index contributed by atoms with van der Waals surface area (Å²) in [6.07, 6.45) is 0.871. The molecule has 0 bridgehead atoms. The van der Waals surface area contributed by atoms with Crippen molar-refractivity contribution in [3.8, 4) is 0 Å². The van der Waals surface area contributed by atoms with Crippen LogP contribution in [0.3, 0.4) is 0 Å². The average Bonchev–Trinajstić information content (AvgIpc) is 2.78. The highest BCUT2D eigenvalue weighted by Gasteiger charge is 2.35. The monoisotopic (exact) mass is 458 g/mol. The molecule has 1 aliphatic heterocycles. The van der Waals surface area contributed by atoms with Gasteiger partial charge in [0.1, 0.15) is 6.54 Å². The summed E-state index contributed by atoms with van der Waals surface area (Å²) in [7, 11) is -2.27. The molecule has 0 atom stereocenters. The van der Waals surface area contributed by atoms with E-state index in [0.29, 0.717) is 36.2 Å². The number of rotatable bonds is 6. The van der Waals surface area contributed by atoms with Gasteiger partial charge < -0.3 is 15.1 Å². The van der Waals surface area contributed by atoms with Crippen molar-refractivity contribution in [2.24, 2.45) is 0 Å². The summed E-state index contributed by atoms with van der Waals surface area (Å²) in [5, 5.41) is 2.70. The number of nitrogens with zero attached hydrogens (tertiary/aromatic N) is 3. The number of urea groups is 1. The number of anilines is 1. The minimum absolute atomic E-state index is 0.0225. The molecule has 3 amide bonds. The predicted molar refractivity (Wildman–Crippen MR) is 124 cm³/mol. The highest BCUT2D eigenvalue weighted by Crippen LogP contribution is 2.19. The van der Waals surface area contributed by atoms with Crippen LogP contribution in [0.25, 0.3) is 0 Å². The minimum Gasteiger partial charge on any atom is -0.325 e. The van der Waals surface area contributed by atoms with E-state index in [1.54, 1.807) is 24.3 Å². The van der Waals surface area contributed by atoms with E-state index in [2.05, 4.69) is 10.2 Å². The molecule has 1 heterocycles. The number of nitrogens with one attached hydrogen (secondary N) is 1. The standard InChI is InChI=1S/C23H30N4O4S/c1-4-19-7-9-20(10-8-19)24-22(28)17-27(23(29)26-15-13-25(3)14-16-26)32(30,31)21-11-5-18(2)6-12-21/h5-12H,4,13-17H2,1-3H3,(H,24,28). The molecule has 2 aromatic rings. The number of sulfonamides is 1. The van der Waals surface area contributed by atoms with Crippen molar-refractivity contribution in [1.82, 2.24) is 14.1 Å². The number of hydrogen-bond acceptors (Lipinski definition) is 5. The topological polar surface area (TPSA) is 90.0 Å². The lowest BCUT2D eigenvalue weighted by Gasteiger charge is -2.35. The van der Waals surface area contributed by atoms with Crippen molar-refractivity contribution in [2.75, 3.05) is 45.1 Å². The molecule has 2 aromatic carbocycles. The molecule has 3 rings (SSSR count). The Bertz CT molecular complexity index is 1040. The molecule has 0 spiro atoms. The second-order valence-electron chi connectivity index (χ2n) is 8.00. The normalized spacial score (nSPS) is 14.8. The molecule has 8 nitrogen and oxygen atoms in total. The number of hydrogen-bond donors (Lipinski definition) is 1. The maximum absolute atomic E-state index is 13.4. The Kier molecular flexibility index (Phi) is 7.52. The minimum atomic E-state index is -4.21. The largest absolute Gasteiger partial charge is 0.334 e. The van der Waals surface area contributed by atoms with Crippen LogP contribution in [0.4, 0.5) is 10.5 Å². The van der Waals surface area contributed by atoms with Gasteiger partial charge in [0.2, 0.25) is 5.91 Å². The molecule has 1 saturated heterocycles. The molecule has 0 saturated carbocycles. The first-order valence-corrected chi connectivity index (χ1v) is 12.1. The SMILES string of the molecule is CCc1ccc(NC(=O)CN(C(=O)N2CCN(C)CC2)S(=O)(=O)c2ccc(C)cc2)cc1. The average molecular weight is 459 g/mol. The van der Waals surface area contributed by atoms with Gasteiger partial charge in [0, 0.05) is 31.9 Å². The van der Waals surface area contributed by atoms with Crippen molar-refractivity contribution >= 4 is 27.6 Å². The molecule has 0 unspecified atom stereocenters. The smallest absolute Gasteiger partial charge is 0.325 e. The third-order valence-electron chi connectivity index (χ3n) is 5.53. The van der Waals surface area contributed by atoms with E-state index >= 15 is 0 Å². The van der Waals surface area contributed by atoms with Crippen molar-refractivity contribution in [3.63, 3.8) is 0 Å². The van der Waals surface area contributed by atoms with Crippen LogP contribution < -0.4 is 5.32 Å². The first-order chi connectivity index (χ1) is 15.2. The Balaban J connectivity index is 1.84. The summed E-state index contributed by atoms with van der Waals surface area (Å²) in [5.41, 5.74) is 2.57. The van der Waals surface area contributed by atoms with Crippen LogP contribution in [0.2, 0.25) is 0 Å². The van der Waals surface area contributed by atoms with Crippen LogP contribution in [0.1, 0.15) is 18.1 Å². The lowest BCUT2D eigenvalue weighted by atomic mass is 10.1. The number of likely N-dealkylation sites (N-methyl/N-ethyl adjacent to an activating group) is 1. The summed E-state index contributed by atoms with van der Waals surface area (Å²) >= 11 is 0. The maximum atomic E-state index is 13.4. The van der Waals surface area contributed by atoms with E-state index < -0.39 is 28.5 Å². The highest BCUT2D eigenvalue weighted by molar-refractivity contribution is 7.89. The van der Waals surface area contributed by atoms with E-state index in [-0.39, 0.29) is 4.90 Å². The fraction of sp³-hybridized carbons (Fsp3) is 0.391. The van der Waals surface area contributed by atoms with E-state index in [0.717, 1.165) is 17.5 Å². The van der Waals surface area contributed by atoms with Crippen LogP contribution in [0.15, 0.2) is 53.4 Å². The number of amides is 3. The maximum Gasteiger partial charge on any atom is 0.334 e. The Morgan fingerprint density at radius 3 is 2.12 bits per heavy atom. The first kappa shape index (κ1) is 23.7. The second kappa shape index (κ2) is 10.1. The van der Waals surface area contributed by atoms with Gasteiger partial charge in [-0.15, -0.1) is 0 Å². The number of aryl methyl sites for hydroxylation is 2. The second-order valence-corrected chi connectivity index (χ2v) is 9.86. The summed E-state index contributed by atoms with van der Waals surface area (Å²) in [5.74, 6) is -0.576. The summed E-state index contributed by atoms with van der Waals surface area (Å²) in [4.78, 5) is 29.5. The number of carbonyl (C=O) groups excluding carboxylic acids is 2. The zero-order chi connectivity index (χ0) is 23.3. The van der Waals surface area contributed by atoms with Crippen molar-refractivity contribution < 1.29 is 18.0 Å². The molecular weight excluding hydrogens is 428 g/mol. The zero-order valence-electron chi connectivity index (χ0n) is 18.7. The summed E-state index contributed by atoms with van der Waals surface area (Å²) < 4.78 is 27.4. The zero-order valence-corrected chi connectivity index (χ0v) is 19.6. The van der Waals surface area contributed by atoms with Gasteiger partial charge in [0.15, 0.2) is 0 Å². The molecule has 9 heteroatoms. The van der Waals surface area contributed by atoms with Crippen LogP contribution >= 0.6 is 0 Å². The van der Waals surface area contributed by atoms with E-state index in [4.69, 9.17) is 0 Å². The Morgan fingerprint density at radius 1 is 0.969 bits per heavy atom. The van der Waals surface area contributed by atoms with Gasteiger partial charge in [-0.1, -0.05) is 36.8 Å². The van der Waals surface area contributed by atoms with Gasteiger partial charge in [-0.2, -0.15) is 0 Å². The fourth-order valence-corrected chi connectivity index (χ4v) is 4.75. The van der Waals surface area contributed by atoms with Gasteiger partial charge in [0.25, 0.3) is 10.0 Å². The molecule has 1 fully saturated rings. The van der Waals surface area contributed by atoms with E-state index in [1.807, 2.05) is 33.0 Å². The van der Waals surface area contributed by atoms with Crippen LogP contribution in [0.5, 0.6) is 0 Å². The lowest BCUT2D eigenvalue weighted by Crippen LogP contribution is -2.54. The predicted octanol–water partition coefficient (Wildman–Crippen LogP) is 2.55. The molecular formula is C23H30N4O4S. The Labute approximate surface area is 189 Å². The first-order valence-electron chi connectivity index (χ1n) is 10.7. The van der Waals surface area contributed by atoms with Crippen LogP contribution in [0, 0.1) is 6.92 Å². The van der Waals surface area contributed by atoms with Gasteiger partial charge in [-0.25, -0.2) is 17.5 Å². The van der Waals surface area contributed by atoms with Gasteiger partial charge >= 0.3 is 6.03 Å². The molecule has 0 aromatic heterocycles. The van der Waals surface area contributed by atoms with Crippen LogP contribution in [-0.4, -0.2) is 74.2 Å². The fourth-order valence-electron chi connectivity index (χ4n) is 3.40. The molecule has 0 radical (unpaired) electrons. The third kappa shape index (κ3) is 5.66. The highest BCUT2D eigenvalue weighted by atomic mass is 32.2. The molecule has 1 aliphatic rings. The molecule has 172 valence electrons. The van der Waals surface area contributed by atoms with E-state index in [1.165, 1.54) is 17.0 Å². The van der Waals surface area contributed by atoms with E-state index in [9.17, 15) is 18.0 Å². The summed E-state index contributed by atoms with van der Waals surface area (Å²) in [6.45, 7) is 5.36. The Morgan fingerprint density at radius 2 is 1.56 bits per heavy atom. The van der Waals surface area contributed by atoms with Crippen molar-refractivity contribution in [2.45, 2.75) is 25.2 Å². The quantitative estimate of drug-likeness (QED) is 0.719. The molecule has 32 heavy (non-hydrogen) atoms. The molecule has 0 aliphatic carbocycles. The van der Waals surface area contributed by atoms with Gasteiger partial charge in [-0.3, -0.25) is 4.79 Å². The molecule has 1 N–H and O–H groups in total. The van der Waals surface area contributed by atoms with Crippen molar-refractivity contribution in [1.29, 1.82) is 0 Å². The lowest BCUT2D eigenvalue weighted by molar-refractivity contribution is -0.116. The third-order valence-corrected chi connectivity index (χ3v) is 7.26. The number of carbonyl (C=O) groups is 2. The number of piperazine rings is 1. The van der Waals surface area contributed by atoms with Gasteiger partial charge in [-0.05, 0) is 50.2 Å².